The third kappa shape index (κ3) is 6.34. The van der Waals surface area contributed by atoms with Crippen LogP contribution in [0.25, 0.3) is 0 Å². The second-order valence-electron chi connectivity index (χ2n) is 5.95. The summed E-state index contributed by atoms with van der Waals surface area (Å²) in [6.45, 7) is 10.2. The molecule has 0 spiro atoms. The van der Waals surface area contributed by atoms with Crippen molar-refractivity contribution in [2.45, 2.75) is 47.2 Å². The van der Waals surface area contributed by atoms with Gasteiger partial charge in [-0.2, -0.15) is 0 Å². The summed E-state index contributed by atoms with van der Waals surface area (Å²) in [5, 5.41) is 3.32. The maximum absolute atomic E-state index is 5.60. The molecule has 1 N–H and O–H groups in total. The van der Waals surface area contributed by atoms with Crippen molar-refractivity contribution in [3.05, 3.63) is 52.7 Å². The van der Waals surface area contributed by atoms with E-state index in [2.05, 4.69) is 58.3 Å². The first kappa shape index (κ1) is 21.5. The molecule has 2 rings (SSSR count). The van der Waals surface area contributed by atoms with E-state index >= 15 is 0 Å². The minimum absolute atomic E-state index is 0. The van der Waals surface area contributed by atoms with Crippen LogP contribution in [-0.2, 0) is 19.5 Å². The second-order valence-corrected chi connectivity index (χ2v) is 5.95. The average Bonchev–Trinajstić information content (AvgIpc) is 2.90. The zero-order chi connectivity index (χ0) is 17.5. The molecular weight excluding hydrogens is 427 g/mol. The summed E-state index contributed by atoms with van der Waals surface area (Å²) in [6.07, 6.45) is 1.06. The molecule has 0 atom stereocenters. The third-order valence-corrected chi connectivity index (χ3v) is 3.98. The Kier molecular flexibility index (Phi) is 8.96. The second kappa shape index (κ2) is 10.4. The van der Waals surface area contributed by atoms with Gasteiger partial charge in [0.25, 0.3) is 0 Å². The van der Waals surface area contributed by atoms with E-state index in [9.17, 15) is 0 Å². The van der Waals surface area contributed by atoms with Gasteiger partial charge in [0, 0.05) is 20.1 Å². The smallest absolute Gasteiger partial charge is 0.216 e. The summed E-state index contributed by atoms with van der Waals surface area (Å²) >= 11 is 0. The number of benzene rings is 1. The highest BCUT2D eigenvalue weighted by molar-refractivity contribution is 14.0. The Morgan fingerprint density at radius 1 is 1.16 bits per heavy atom. The number of oxazole rings is 1. The number of aliphatic imine (C=N–C) groups is 1. The van der Waals surface area contributed by atoms with Crippen LogP contribution in [0.3, 0.4) is 0 Å². The molecule has 0 saturated carbocycles. The van der Waals surface area contributed by atoms with Gasteiger partial charge in [0.15, 0.2) is 5.96 Å². The van der Waals surface area contributed by atoms with E-state index in [1.54, 1.807) is 0 Å². The van der Waals surface area contributed by atoms with Crippen LogP contribution < -0.4 is 5.32 Å². The Morgan fingerprint density at radius 3 is 2.32 bits per heavy atom. The molecule has 138 valence electrons. The van der Waals surface area contributed by atoms with Crippen LogP contribution in [0.15, 0.2) is 33.7 Å². The molecule has 2 aromatic rings. The van der Waals surface area contributed by atoms with Crippen molar-refractivity contribution in [2.75, 3.05) is 13.6 Å². The number of hydrogen-bond acceptors (Lipinski definition) is 3. The summed E-state index contributed by atoms with van der Waals surface area (Å²) in [6, 6.07) is 8.73. The first-order valence-electron chi connectivity index (χ1n) is 8.53. The molecule has 0 aliphatic rings. The molecule has 0 fully saturated rings. The first-order valence-corrected chi connectivity index (χ1v) is 8.53. The van der Waals surface area contributed by atoms with Crippen LogP contribution in [0.4, 0.5) is 0 Å². The molecule has 25 heavy (non-hydrogen) atoms. The van der Waals surface area contributed by atoms with Gasteiger partial charge in [0.1, 0.15) is 12.3 Å². The van der Waals surface area contributed by atoms with Crippen LogP contribution in [0, 0.1) is 13.8 Å². The number of halogens is 1. The third-order valence-electron chi connectivity index (χ3n) is 3.98. The minimum Gasteiger partial charge on any atom is -0.444 e. The van der Waals surface area contributed by atoms with Gasteiger partial charge in [-0.15, -0.1) is 24.0 Å². The van der Waals surface area contributed by atoms with Crippen molar-refractivity contribution in [2.24, 2.45) is 4.99 Å². The Labute approximate surface area is 168 Å². The normalized spacial score (nSPS) is 11.2. The topological polar surface area (TPSA) is 53.7 Å². The van der Waals surface area contributed by atoms with Crippen molar-refractivity contribution < 1.29 is 4.42 Å². The van der Waals surface area contributed by atoms with Crippen molar-refractivity contribution in [3.63, 3.8) is 0 Å². The summed E-state index contributed by atoms with van der Waals surface area (Å²) in [5.74, 6) is 2.36. The van der Waals surface area contributed by atoms with E-state index < -0.39 is 0 Å². The van der Waals surface area contributed by atoms with Crippen LogP contribution in [0.2, 0.25) is 0 Å². The van der Waals surface area contributed by atoms with Crippen molar-refractivity contribution in [3.8, 4) is 0 Å². The van der Waals surface area contributed by atoms with Gasteiger partial charge in [0.05, 0.1) is 5.69 Å². The summed E-state index contributed by atoms with van der Waals surface area (Å²) in [7, 11) is 2.04. The van der Waals surface area contributed by atoms with E-state index in [0.717, 1.165) is 36.9 Å². The van der Waals surface area contributed by atoms with E-state index in [4.69, 9.17) is 4.42 Å². The number of hydrogen-bond donors (Lipinski definition) is 1. The number of aromatic nitrogens is 1. The van der Waals surface area contributed by atoms with Crippen LogP contribution in [-0.4, -0.2) is 29.4 Å². The lowest BCUT2D eigenvalue weighted by atomic mass is 10.1. The number of rotatable bonds is 6. The van der Waals surface area contributed by atoms with Gasteiger partial charge >= 0.3 is 0 Å². The Balaban J connectivity index is 0.00000312. The van der Waals surface area contributed by atoms with Crippen molar-refractivity contribution in [1.29, 1.82) is 0 Å². The molecule has 0 amide bonds. The lowest BCUT2D eigenvalue weighted by Gasteiger charge is -2.22. The van der Waals surface area contributed by atoms with Crippen molar-refractivity contribution in [1.82, 2.24) is 15.2 Å². The quantitative estimate of drug-likeness (QED) is 0.405. The number of nitrogens with zero attached hydrogens (tertiary/aromatic N) is 3. The predicted molar refractivity (Wildman–Crippen MR) is 113 cm³/mol. The van der Waals surface area contributed by atoms with Gasteiger partial charge in [-0.1, -0.05) is 31.2 Å². The fourth-order valence-corrected chi connectivity index (χ4v) is 2.45. The first-order chi connectivity index (χ1) is 11.5. The van der Waals surface area contributed by atoms with Crippen LogP contribution in [0.1, 0.15) is 42.3 Å². The maximum atomic E-state index is 5.60. The molecule has 0 bridgehead atoms. The van der Waals surface area contributed by atoms with Crippen LogP contribution in [0.5, 0.6) is 0 Å². The van der Waals surface area contributed by atoms with E-state index in [1.165, 1.54) is 11.1 Å². The van der Waals surface area contributed by atoms with E-state index in [1.807, 2.05) is 20.9 Å². The fraction of sp³-hybridized carbons (Fsp3) is 0.474. The predicted octanol–water partition coefficient (Wildman–Crippen LogP) is 4.07. The minimum atomic E-state index is 0. The zero-order valence-electron chi connectivity index (χ0n) is 15.8. The molecule has 0 radical (unpaired) electrons. The number of guanidine groups is 1. The molecule has 0 aliphatic carbocycles. The molecular formula is C19H29IN4O. The number of nitrogens with one attached hydrogen (secondary N) is 1. The molecule has 0 unspecified atom stereocenters. The molecule has 0 aliphatic heterocycles. The standard InChI is InChI=1S/C19H28N4O.HI/c1-6-16-8-10-17(11-9-16)13-23(5)19(20-7-2)21-12-18-22-14(3)15(4)24-18;/h8-11H,6-7,12-13H2,1-5H3,(H,20,21);1H. The Bertz CT molecular complexity index is 660. The van der Waals surface area contributed by atoms with Gasteiger partial charge in [0.2, 0.25) is 5.89 Å². The highest BCUT2D eigenvalue weighted by Gasteiger charge is 2.09. The molecule has 1 aromatic heterocycles. The molecule has 5 nitrogen and oxygen atoms in total. The number of aryl methyl sites for hydroxylation is 3. The monoisotopic (exact) mass is 456 g/mol. The maximum Gasteiger partial charge on any atom is 0.216 e. The van der Waals surface area contributed by atoms with E-state index in [0.29, 0.717) is 12.4 Å². The SMILES string of the molecule is CCNC(=NCc1nc(C)c(C)o1)N(C)Cc1ccc(CC)cc1.I. The van der Waals surface area contributed by atoms with Gasteiger partial charge < -0.3 is 14.6 Å². The van der Waals surface area contributed by atoms with Gasteiger partial charge in [-0.05, 0) is 38.3 Å². The molecule has 6 heteroatoms. The largest absolute Gasteiger partial charge is 0.444 e. The Morgan fingerprint density at radius 2 is 1.80 bits per heavy atom. The lowest BCUT2D eigenvalue weighted by Crippen LogP contribution is -2.38. The van der Waals surface area contributed by atoms with Gasteiger partial charge in [-0.3, -0.25) is 0 Å². The van der Waals surface area contributed by atoms with Crippen LogP contribution >= 0.6 is 24.0 Å². The fourth-order valence-electron chi connectivity index (χ4n) is 2.45. The molecule has 1 heterocycles. The zero-order valence-corrected chi connectivity index (χ0v) is 18.1. The summed E-state index contributed by atoms with van der Waals surface area (Å²) < 4.78 is 5.60. The Hall–Kier alpha value is -1.57. The lowest BCUT2D eigenvalue weighted by molar-refractivity contribution is 0.458. The van der Waals surface area contributed by atoms with Crippen molar-refractivity contribution >= 4 is 29.9 Å². The summed E-state index contributed by atoms with van der Waals surface area (Å²) in [4.78, 5) is 11.1. The van der Waals surface area contributed by atoms with Gasteiger partial charge in [-0.25, -0.2) is 9.98 Å². The highest BCUT2D eigenvalue weighted by Crippen LogP contribution is 2.10. The average molecular weight is 456 g/mol. The summed E-state index contributed by atoms with van der Waals surface area (Å²) in [5.41, 5.74) is 3.55. The molecule has 1 aromatic carbocycles. The molecule has 0 saturated heterocycles. The highest BCUT2D eigenvalue weighted by atomic mass is 127. The van der Waals surface area contributed by atoms with E-state index in [-0.39, 0.29) is 24.0 Å².